The Kier molecular flexibility index (Phi) is 6.56. The number of aromatic nitrogens is 2. The first kappa shape index (κ1) is 25.5. The van der Waals surface area contributed by atoms with Crippen molar-refractivity contribution in [2.24, 2.45) is 5.92 Å². The van der Waals surface area contributed by atoms with E-state index in [0.717, 1.165) is 44.7 Å². The lowest BCUT2D eigenvalue weighted by molar-refractivity contribution is -0.165. The smallest absolute Gasteiger partial charge is 0.251 e. The molecular weight excluding hydrogens is 495 g/mol. The molecule has 6 nitrogen and oxygen atoms in total. The molecule has 0 radical (unpaired) electrons. The fourth-order valence-corrected chi connectivity index (χ4v) is 6.53. The van der Waals surface area contributed by atoms with Crippen LogP contribution in [0.4, 0.5) is 13.2 Å². The third-order valence-corrected chi connectivity index (χ3v) is 9.00. The fourth-order valence-electron chi connectivity index (χ4n) is 6.53. The van der Waals surface area contributed by atoms with Crippen LogP contribution in [0.15, 0.2) is 41.3 Å². The predicted octanol–water partition coefficient (Wildman–Crippen LogP) is 4.21. The van der Waals surface area contributed by atoms with Crippen LogP contribution in [0.5, 0.6) is 0 Å². The average Bonchev–Trinajstić information content (AvgIpc) is 3.71. The molecule has 2 bridgehead atoms. The Bertz CT molecular complexity index is 1400. The van der Waals surface area contributed by atoms with Gasteiger partial charge in [0, 0.05) is 23.7 Å². The van der Waals surface area contributed by atoms with Crippen molar-refractivity contribution < 1.29 is 23.0 Å². The largest absolute Gasteiger partial charge is 0.395 e. The number of rotatable bonds is 9. The van der Waals surface area contributed by atoms with Gasteiger partial charge in [-0.3, -0.25) is 9.78 Å². The molecule has 2 aliphatic carbocycles. The number of fused-ring (bicyclic) bond motifs is 4. The zero-order chi connectivity index (χ0) is 26.5. The molecule has 2 saturated heterocycles. The van der Waals surface area contributed by atoms with E-state index in [2.05, 4.69) is 10.3 Å². The number of nitrogens with one attached hydrogen (secondary N) is 1. The highest BCUT2D eigenvalue weighted by molar-refractivity contribution is 5.78. The van der Waals surface area contributed by atoms with E-state index in [1.807, 2.05) is 0 Å². The van der Waals surface area contributed by atoms with Crippen molar-refractivity contribution in [2.45, 2.75) is 68.5 Å². The van der Waals surface area contributed by atoms with Gasteiger partial charge < -0.3 is 19.7 Å². The van der Waals surface area contributed by atoms with Gasteiger partial charge in [0.1, 0.15) is 17.5 Å². The van der Waals surface area contributed by atoms with Gasteiger partial charge in [0.25, 0.3) is 5.56 Å². The summed E-state index contributed by atoms with van der Waals surface area (Å²) in [6, 6.07) is 6.66. The second kappa shape index (κ2) is 9.77. The van der Waals surface area contributed by atoms with Gasteiger partial charge in [-0.2, -0.15) is 0 Å². The van der Waals surface area contributed by atoms with E-state index >= 15 is 0 Å². The highest BCUT2D eigenvalue weighted by Crippen LogP contribution is 2.50. The van der Waals surface area contributed by atoms with Gasteiger partial charge >= 0.3 is 0 Å². The van der Waals surface area contributed by atoms with Crippen LogP contribution in [-0.4, -0.2) is 45.6 Å². The maximum absolute atomic E-state index is 15.0. The summed E-state index contributed by atoms with van der Waals surface area (Å²) in [7, 11) is 0. The summed E-state index contributed by atoms with van der Waals surface area (Å²) in [4.78, 5) is 16.6. The van der Waals surface area contributed by atoms with Crippen LogP contribution >= 0.6 is 0 Å². The van der Waals surface area contributed by atoms with Gasteiger partial charge in [0.2, 0.25) is 0 Å². The Morgan fingerprint density at radius 3 is 2.66 bits per heavy atom. The number of nitrogens with zero attached hydrogens (tertiary/aromatic N) is 2. The Morgan fingerprint density at radius 2 is 1.92 bits per heavy atom. The van der Waals surface area contributed by atoms with E-state index in [9.17, 15) is 23.1 Å². The summed E-state index contributed by atoms with van der Waals surface area (Å²) in [6.45, 7) is 1.16. The summed E-state index contributed by atoms with van der Waals surface area (Å²) in [5.41, 5.74) is 1.12. The number of aliphatic hydroxyl groups is 1. The molecule has 9 heteroatoms. The highest BCUT2D eigenvalue weighted by atomic mass is 19.1. The van der Waals surface area contributed by atoms with Crippen LogP contribution in [0.3, 0.4) is 0 Å². The van der Waals surface area contributed by atoms with Gasteiger partial charge in [-0.1, -0.05) is 0 Å². The van der Waals surface area contributed by atoms with Crippen molar-refractivity contribution in [3.8, 4) is 0 Å². The van der Waals surface area contributed by atoms with Gasteiger partial charge in [-0.05, 0) is 93.2 Å². The fraction of sp³-hybridized carbons (Fsp3) is 0.517. The molecule has 7 rings (SSSR count). The van der Waals surface area contributed by atoms with Crippen molar-refractivity contribution in [2.75, 3.05) is 19.8 Å². The first-order chi connectivity index (χ1) is 18.3. The third-order valence-electron chi connectivity index (χ3n) is 9.00. The number of ether oxygens (including phenoxy) is 1. The summed E-state index contributed by atoms with van der Waals surface area (Å²) < 4.78 is 50.5. The lowest BCUT2D eigenvalue weighted by atomic mass is 9.69. The van der Waals surface area contributed by atoms with Gasteiger partial charge in [-0.15, -0.1) is 0 Å². The zero-order valence-electron chi connectivity index (χ0n) is 21.2. The quantitative estimate of drug-likeness (QED) is 0.436. The molecule has 4 heterocycles. The second-order valence-corrected chi connectivity index (χ2v) is 11.3. The molecule has 2 N–H and O–H groups in total. The number of hydrogen-bond acceptors (Lipinski definition) is 5. The number of pyridine rings is 2. The molecule has 2 saturated carbocycles. The van der Waals surface area contributed by atoms with E-state index < -0.39 is 11.6 Å². The molecule has 4 aliphatic rings. The normalized spacial score (nSPS) is 28.2. The topological polar surface area (TPSA) is 76.4 Å². The molecular formula is C29H32F3N3O3. The Hall–Kier alpha value is -2.75. The van der Waals surface area contributed by atoms with E-state index in [1.165, 1.54) is 29.0 Å². The molecule has 2 aromatic heterocycles. The Morgan fingerprint density at radius 1 is 1.11 bits per heavy atom. The summed E-state index contributed by atoms with van der Waals surface area (Å²) in [6.07, 6.45) is 6.65. The minimum atomic E-state index is -0.456. The van der Waals surface area contributed by atoms with Gasteiger partial charge in [0.15, 0.2) is 0 Å². The van der Waals surface area contributed by atoms with E-state index in [1.54, 1.807) is 6.07 Å². The Balaban J connectivity index is 1.10. The second-order valence-electron chi connectivity index (χ2n) is 11.3. The third kappa shape index (κ3) is 4.65. The minimum absolute atomic E-state index is 0.0510. The van der Waals surface area contributed by atoms with Crippen molar-refractivity contribution in [3.05, 3.63) is 75.5 Å². The standard InChI is InChI=1S/C29H32F3N3O3/c30-19-1-2-23(31)22(14-19)21-13-18(21)15-34-28-7-9-29(10-8-28,38-17-28)6-5-20-24(32)16-33-25-3-4-26(37)35(11-12-36)27(20)25/h1-4,14,16,18,21,34,36H,5-13,15,17H2/t18-,21+,28?,29?/m0/s1. The first-order valence-corrected chi connectivity index (χ1v) is 13.4. The van der Waals surface area contributed by atoms with Crippen LogP contribution in [0.25, 0.3) is 11.0 Å². The molecule has 2 aliphatic heterocycles. The SMILES string of the molecule is O=c1ccc2ncc(F)c(CCC34CCC(NC[C@@H]5C[C@H]5c5cc(F)ccc5F)(CC3)CO4)c2n1CCO. The lowest BCUT2D eigenvalue weighted by Crippen LogP contribution is -2.62. The molecule has 0 amide bonds. The van der Waals surface area contributed by atoms with Crippen molar-refractivity contribution in [3.63, 3.8) is 0 Å². The number of halogens is 3. The van der Waals surface area contributed by atoms with Crippen molar-refractivity contribution in [1.29, 1.82) is 0 Å². The van der Waals surface area contributed by atoms with E-state index in [-0.39, 0.29) is 47.5 Å². The maximum atomic E-state index is 15.0. The monoisotopic (exact) mass is 527 g/mol. The Labute approximate surface area is 218 Å². The number of hydrogen-bond donors (Lipinski definition) is 2. The predicted molar refractivity (Wildman–Crippen MR) is 136 cm³/mol. The maximum Gasteiger partial charge on any atom is 0.251 e. The lowest BCUT2D eigenvalue weighted by Gasteiger charge is -2.54. The summed E-state index contributed by atoms with van der Waals surface area (Å²) >= 11 is 0. The number of benzene rings is 1. The van der Waals surface area contributed by atoms with Crippen LogP contribution in [0.2, 0.25) is 0 Å². The molecule has 0 unspecified atom stereocenters. The van der Waals surface area contributed by atoms with Crippen LogP contribution < -0.4 is 10.9 Å². The van der Waals surface area contributed by atoms with Crippen molar-refractivity contribution in [1.82, 2.24) is 14.9 Å². The summed E-state index contributed by atoms with van der Waals surface area (Å²) in [5.74, 6) is -0.863. The van der Waals surface area contributed by atoms with E-state index in [0.29, 0.717) is 41.6 Å². The van der Waals surface area contributed by atoms with Crippen molar-refractivity contribution >= 4 is 11.0 Å². The van der Waals surface area contributed by atoms with Gasteiger partial charge in [-0.25, -0.2) is 13.2 Å². The number of aryl methyl sites for hydroxylation is 1. The molecule has 0 spiro atoms. The zero-order valence-corrected chi connectivity index (χ0v) is 21.2. The minimum Gasteiger partial charge on any atom is -0.395 e. The first-order valence-electron chi connectivity index (χ1n) is 13.4. The molecule has 202 valence electrons. The molecule has 2 atom stereocenters. The molecule has 3 aromatic rings. The van der Waals surface area contributed by atoms with Crippen LogP contribution in [-0.2, 0) is 17.7 Å². The van der Waals surface area contributed by atoms with Crippen LogP contribution in [0, 0.1) is 23.4 Å². The molecule has 1 aromatic carbocycles. The van der Waals surface area contributed by atoms with E-state index in [4.69, 9.17) is 4.74 Å². The average molecular weight is 528 g/mol. The van der Waals surface area contributed by atoms with Crippen LogP contribution in [0.1, 0.15) is 55.6 Å². The molecule has 4 fully saturated rings. The van der Waals surface area contributed by atoms with Gasteiger partial charge in [0.05, 0.1) is 36.0 Å². The highest BCUT2D eigenvalue weighted by Gasteiger charge is 2.50. The summed E-state index contributed by atoms with van der Waals surface area (Å²) in [5, 5.41) is 13.2. The molecule has 38 heavy (non-hydrogen) atoms. The number of aliphatic hydroxyl groups excluding tert-OH is 1.